The van der Waals surface area contributed by atoms with Crippen molar-refractivity contribution in [2.75, 3.05) is 0 Å². The first-order valence-electron chi connectivity index (χ1n) is 5.07. The van der Waals surface area contributed by atoms with Crippen molar-refractivity contribution in [1.82, 2.24) is 4.98 Å². The molecule has 17 heavy (non-hydrogen) atoms. The SMILES string of the molecule is O=Cc1cccc(Br)c1OCc1ccccn1. The Hall–Kier alpha value is -1.68. The van der Waals surface area contributed by atoms with Gasteiger partial charge in [-0.15, -0.1) is 0 Å². The quantitative estimate of drug-likeness (QED) is 0.812. The second kappa shape index (κ2) is 5.59. The van der Waals surface area contributed by atoms with Crippen molar-refractivity contribution in [2.24, 2.45) is 0 Å². The van der Waals surface area contributed by atoms with Gasteiger partial charge in [-0.05, 0) is 40.2 Å². The molecule has 0 radical (unpaired) electrons. The van der Waals surface area contributed by atoms with Gasteiger partial charge in [0.2, 0.25) is 0 Å². The molecule has 3 nitrogen and oxygen atoms in total. The highest BCUT2D eigenvalue weighted by molar-refractivity contribution is 9.10. The third-order valence-corrected chi connectivity index (χ3v) is 2.84. The Kier molecular flexibility index (Phi) is 3.88. The smallest absolute Gasteiger partial charge is 0.153 e. The Labute approximate surface area is 108 Å². The van der Waals surface area contributed by atoms with Crippen LogP contribution in [0.2, 0.25) is 0 Å². The maximum Gasteiger partial charge on any atom is 0.153 e. The molecule has 2 rings (SSSR count). The minimum absolute atomic E-state index is 0.338. The second-order valence-corrected chi connectivity index (χ2v) is 4.24. The van der Waals surface area contributed by atoms with Gasteiger partial charge in [0.1, 0.15) is 12.4 Å². The molecule has 0 aliphatic heterocycles. The molecular weight excluding hydrogens is 282 g/mol. The number of halogens is 1. The van der Waals surface area contributed by atoms with Gasteiger partial charge in [-0.1, -0.05) is 12.1 Å². The van der Waals surface area contributed by atoms with Crippen molar-refractivity contribution in [3.8, 4) is 5.75 Å². The topological polar surface area (TPSA) is 39.2 Å². The summed E-state index contributed by atoms with van der Waals surface area (Å²) in [6.45, 7) is 0.338. The molecule has 0 aliphatic carbocycles. The molecule has 0 amide bonds. The van der Waals surface area contributed by atoms with Crippen LogP contribution < -0.4 is 4.74 Å². The lowest BCUT2D eigenvalue weighted by molar-refractivity contribution is 0.111. The fourth-order valence-electron chi connectivity index (χ4n) is 1.40. The molecule has 0 N–H and O–H groups in total. The number of carbonyl (C=O) groups is 1. The van der Waals surface area contributed by atoms with E-state index in [4.69, 9.17) is 4.74 Å². The zero-order valence-corrected chi connectivity index (χ0v) is 10.6. The van der Waals surface area contributed by atoms with Gasteiger partial charge in [0, 0.05) is 6.20 Å². The van der Waals surface area contributed by atoms with Crippen molar-refractivity contribution in [3.63, 3.8) is 0 Å². The average Bonchev–Trinajstić information content (AvgIpc) is 2.38. The first-order chi connectivity index (χ1) is 8.31. The molecule has 2 aromatic rings. The van der Waals surface area contributed by atoms with E-state index in [2.05, 4.69) is 20.9 Å². The van der Waals surface area contributed by atoms with E-state index >= 15 is 0 Å². The maximum absolute atomic E-state index is 10.9. The van der Waals surface area contributed by atoms with Crippen LogP contribution in [0, 0.1) is 0 Å². The first kappa shape index (κ1) is 11.8. The number of para-hydroxylation sites is 1. The molecule has 0 aliphatic rings. The normalized spacial score (nSPS) is 9.94. The number of carbonyl (C=O) groups excluding carboxylic acids is 1. The van der Waals surface area contributed by atoms with Crippen molar-refractivity contribution < 1.29 is 9.53 Å². The van der Waals surface area contributed by atoms with Crippen LogP contribution in [-0.4, -0.2) is 11.3 Å². The summed E-state index contributed by atoms with van der Waals surface area (Å²) < 4.78 is 6.37. The van der Waals surface area contributed by atoms with Crippen LogP contribution in [0.15, 0.2) is 47.1 Å². The largest absolute Gasteiger partial charge is 0.485 e. The molecule has 1 heterocycles. The van der Waals surface area contributed by atoms with E-state index in [1.807, 2.05) is 24.3 Å². The van der Waals surface area contributed by atoms with Crippen molar-refractivity contribution >= 4 is 22.2 Å². The Morgan fingerprint density at radius 3 is 2.82 bits per heavy atom. The van der Waals surface area contributed by atoms with Crippen LogP contribution in [-0.2, 0) is 6.61 Å². The van der Waals surface area contributed by atoms with E-state index in [-0.39, 0.29) is 0 Å². The average molecular weight is 292 g/mol. The number of hydrogen-bond acceptors (Lipinski definition) is 3. The lowest BCUT2D eigenvalue weighted by Gasteiger charge is -2.09. The number of ether oxygens (including phenoxy) is 1. The highest BCUT2D eigenvalue weighted by Crippen LogP contribution is 2.28. The number of nitrogens with zero attached hydrogens (tertiary/aromatic N) is 1. The third kappa shape index (κ3) is 2.91. The van der Waals surface area contributed by atoms with Crippen molar-refractivity contribution in [3.05, 3.63) is 58.3 Å². The molecule has 1 aromatic carbocycles. The fraction of sp³-hybridized carbons (Fsp3) is 0.0769. The summed E-state index contributed by atoms with van der Waals surface area (Å²) in [6, 6.07) is 11.0. The Balaban J connectivity index is 2.16. The summed E-state index contributed by atoms with van der Waals surface area (Å²) in [4.78, 5) is 15.0. The Bertz CT molecular complexity index is 514. The molecular formula is C13H10BrNO2. The zero-order valence-electron chi connectivity index (χ0n) is 8.97. The lowest BCUT2D eigenvalue weighted by atomic mass is 10.2. The molecule has 86 valence electrons. The fourth-order valence-corrected chi connectivity index (χ4v) is 1.90. The van der Waals surface area contributed by atoms with Gasteiger partial charge in [-0.2, -0.15) is 0 Å². The van der Waals surface area contributed by atoms with Gasteiger partial charge in [0.15, 0.2) is 6.29 Å². The molecule has 0 atom stereocenters. The van der Waals surface area contributed by atoms with E-state index in [0.717, 1.165) is 16.5 Å². The number of rotatable bonds is 4. The minimum Gasteiger partial charge on any atom is -0.485 e. The number of aldehydes is 1. The molecule has 0 fully saturated rings. The Morgan fingerprint density at radius 1 is 1.24 bits per heavy atom. The summed E-state index contributed by atoms with van der Waals surface area (Å²) in [5, 5.41) is 0. The highest BCUT2D eigenvalue weighted by atomic mass is 79.9. The maximum atomic E-state index is 10.9. The summed E-state index contributed by atoms with van der Waals surface area (Å²) in [5.41, 5.74) is 1.34. The summed E-state index contributed by atoms with van der Waals surface area (Å²) >= 11 is 3.36. The molecule has 0 spiro atoms. The number of hydrogen-bond donors (Lipinski definition) is 0. The van der Waals surface area contributed by atoms with Crippen LogP contribution in [0.3, 0.4) is 0 Å². The van der Waals surface area contributed by atoms with E-state index in [1.54, 1.807) is 18.3 Å². The predicted octanol–water partition coefficient (Wildman–Crippen LogP) is 3.24. The summed E-state index contributed by atoms with van der Waals surface area (Å²) in [6.07, 6.45) is 2.48. The zero-order chi connectivity index (χ0) is 12.1. The van der Waals surface area contributed by atoms with Crippen LogP contribution >= 0.6 is 15.9 Å². The van der Waals surface area contributed by atoms with E-state index < -0.39 is 0 Å². The molecule has 0 saturated carbocycles. The second-order valence-electron chi connectivity index (χ2n) is 3.39. The number of benzene rings is 1. The molecule has 1 aromatic heterocycles. The van der Waals surface area contributed by atoms with Crippen LogP contribution in [0.5, 0.6) is 5.75 Å². The van der Waals surface area contributed by atoms with Crippen LogP contribution in [0.4, 0.5) is 0 Å². The van der Waals surface area contributed by atoms with E-state index in [9.17, 15) is 4.79 Å². The van der Waals surface area contributed by atoms with Gasteiger partial charge >= 0.3 is 0 Å². The highest BCUT2D eigenvalue weighted by Gasteiger charge is 2.07. The molecule has 0 bridgehead atoms. The molecule has 0 unspecified atom stereocenters. The van der Waals surface area contributed by atoms with Crippen molar-refractivity contribution in [1.29, 1.82) is 0 Å². The van der Waals surface area contributed by atoms with E-state index in [0.29, 0.717) is 17.9 Å². The third-order valence-electron chi connectivity index (χ3n) is 2.21. The predicted molar refractivity (Wildman–Crippen MR) is 68.1 cm³/mol. The molecule has 0 saturated heterocycles. The van der Waals surface area contributed by atoms with Gasteiger partial charge < -0.3 is 4.74 Å². The summed E-state index contributed by atoms with van der Waals surface area (Å²) in [7, 11) is 0. The standard InChI is InChI=1S/C13H10BrNO2/c14-12-6-3-4-10(8-16)13(12)17-9-11-5-1-2-7-15-11/h1-8H,9H2. The Morgan fingerprint density at radius 2 is 2.12 bits per heavy atom. The summed E-state index contributed by atoms with van der Waals surface area (Å²) in [5.74, 6) is 0.549. The molecule has 4 heteroatoms. The monoisotopic (exact) mass is 291 g/mol. The van der Waals surface area contributed by atoms with Crippen LogP contribution in [0.1, 0.15) is 16.1 Å². The van der Waals surface area contributed by atoms with Gasteiger partial charge in [0.25, 0.3) is 0 Å². The number of pyridine rings is 1. The van der Waals surface area contributed by atoms with Gasteiger partial charge in [0.05, 0.1) is 15.7 Å². The van der Waals surface area contributed by atoms with Crippen molar-refractivity contribution in [2.45, 2.75) is 6.61 Å². The number of aromatic nitrogens is 1. The first-order valence-corrected chi connectivity index (χ1v) is 5.87. The van der Waals surface area contributed by atoms with E-state index in [1.165, 1.54) is 0 Å². The lowest BCUT2D eigenvalue weighted by Crippen LogP contribution is -2.00. The van der Waals surface area contributed by atoms with Gasteiger partial charge in [-0.3, -0.25) is 9.78 Å². The van der Waals surface area contributed by atoms with Crippen LogP contribution in [0.25, 0.3) is 0 Å². The van der Waals surface area contributed by atoms with Gasteiger partial charge in [-0.25, -0.2) is 0 Å². The minimum atomic E-state index is 0.338.